The summed E-state index contributed by atoms with van der Waals surface area (Å²) in [6.07, 6.45) is 5.16. The SMILES string of the molecule is CCCCC(CCC)C(=O)OBr. The maximum atomic E-state index is 11.1. The molecule has 0 saturated heterocycles. The summed E-state index contributed by atoms with van der Waals surface area (Å²) in [5.74, 6) is -0.0281. The largest absolute Gasteiger partial charge is 0.383 e. The van der Waals surface area contributed by atoms with Crippen molar-refractivity contribution >= 4 is 22.2 Å². The normalized spacial score (nSPS) is 12.6. The third-order valence-electron chi connectivity index (χ3n) is 1.95. The van der Waals surface area contributed by atoms with Gasteiger partial charge >= 0.3 is 5.97 Å². The third-order valence-corrected chi connectivity index (χ3v) is 2.27. The van der Waals surface area contributed by atoms with Gasteiger partial charge in [-0.15, -0.1) is 0 Å². The standard InChI is InChI=1S/C9H17BrO2/c1-3-5-7-8(6-4-2)9(11)12-10/h8H,3-7H2,1-2H3. The summed E-state index contributed by atoms with van der Waals surface area (Å²) in [5.41, 5.74) is 0. The summed E-state index contributed by atoms with van der Waals surface area (Å²) in [4.78, 5) is 11.1. The summed E-state index contributed by atoms with van der Waals surface area (Å²) < 4.78 is 4.54. The van der Waals surface area contributed by atoms with Gasteiger partial charge in [0.1, 0.15) is 0 Å². The van der Waals surface area contributed by atoms with Crippen LogP contribution in [0, 0.1) is 5.92 Å². The maximum absolute atomic E-state index is 11.1. The van der Waals surface area contributed by atoms with Gasteiger partial charge in [-0.05, 0) is 12.8 Å². The van der Waals surface area contributed by atoms with Crippen LogP contribution in [0.15, 0.2) is 0 Å². The molecule has 0 rings (SSSR count). The van der Waals surface area contributed by atoms with Gasteiger partial charge < -0.3 is 3.83 Å². The lowest BCUT2D eigenvalue weighted by molar-refractivity contribution is -0.137. The molecule has 0 amide bonds. The molecule has 0 aromatic carbocycles. The Bertz CT molecular complexity index is 126. The Morgan fingerprint density at radius 2 is 2.00 bits per heavy atom. The molecule has 2 nitrogen and oxygen atoms in total. The van der Waals surface area contributed by atoms with Crippen molar-refractivity contribution < 1.29 is 8.62 Å². The number of rotatable bonds is 6. The number of hydrogen-bond acceptors (Lipinski definition) is 2. The minimum absolute atomic E-state index is 0.0920. The van der Waals surface area contributed by atoms with Crippen molar-refractivity contribution in [3.63, 3.8) is 0 Å². The van der Waals surface area contributed by atoms with Crippen LogP contribution < -0.4 is 0 Å². The highest BCUT2D eigenvalue weighted by atomic mass is 79.9. The van der Waals surface area contributed by atoms with Gasteiger partial charge in [0.15, 0.2) is 16.3 Å². The Morgan fingerprint density at radius 3 is 2.42 bits per heavy atom. The van der Waals surface area contributed by atoms with Crippen molar-refractivity contribution in [3.05, 3.63) is 0 Å². The van der Waals surface area contributed by atoms with E-state index in [1.807, 2.05) is 0 Å². The van der Waals surface area contributed by atoms with E-state index in [-0.39, 0.29) is 11.9 Å². The van der Waals surface area contributed by atoms with Crippen LogP contribution in [0.4, 0.5) is 0 Å². The average Bonchev–Trinajstić information content (AvgIpc) is 2.11. The lowest BCUT2D eigenvalue weighted by Gasteiger charge is -2.10. The van der Waals surface area contributed by atoms with Gasteiger partial charge in [-0.3, -0.25) is 4.79 Å². The third kappa shape index (κ3) is 4.75. The van der Waals surface area contributed by atoms with Crippen LogP contribution in [-0.2, 0) is 8.62 Å². The maximum Gasteiger partial charge on any atom is 0.320 e. The van der Waals surface area contributed by atoms with Crippen LogP contribution in [-0.4, -0.2) is 5.97 Å². The molecule has 1 atom stereocenters. The Morgan fingerprint density at radius 1 is 1.33 bits per heavy atom. The van der Waals surface area contributed by atoms with Crippen molar-refractivity contribution in [2.75, 3.05) is 0 Å². The summed E-state index contributed by atoms with van der Waals surface area (Å²) in [6, 6.07) is 0. The van der Waals surface area contributed by atoms with Crippen molar-refractivity contribution in [1.82, 2.24) is 0 Å². The molecular weight excluding hydrogens is 220 g/mol. The van der Waals surface area contributed by atoms with Gasteiger partial charge in [0.25, 0.3) is 0 Å². The molecule has 0 aromatic heterocycles. The molecule has 0 radical (unpaired) electrons. The summed E-state index contributed by atoms with van der Waals surface area (Å²) in [6.45, 7) is 4.21. The Kier molecular flexibility index (Phi) is 7.56. The zero-order chi connectivity index (χ0) is 9.40. The molecule has 0 heterocycles. The molecular formula is C9H17BrO2. The molecule has 0 aliphatic rings. The summed E-state index contributed by atoms with van der Waals surface area (Å²) >= 11 is 2.73. The Hall–Kier alpha value is -0.0500. The highest BCUT2D eigenvalue weighted by Crippen LogP contribution is 2.17. The number of unbranched alkanes of at least 4 members (excludes halogenated alkanes) is 1. The van der Waals surface area contributed by atoms with Gasteiger partial charge in [-0.1, -0.05) is 33.1 Å². The number of hydrogen-bond donors (Lipinski definition) is 0. The van der Waals surface area contributed by atoms with Gasteiger partial charge in [0.05, 0.1) is 5.92 Å². The molecule has 0 aliphatic carbocycles. The molecule has 0 fully saturated rings. The van der Waals surface area contributed by atoms with Crippen molar-refractivity contribution in [2.24, 2.45) is 5.92 Å². The molecule has 0 spiro atoms. The fourth-order valence-corrected chi connectivity index (χ4v) is 1.51. The molecule has 0 aromatic rings. The van der Waals surface area contributed by atoms with Crippen LogP contribution >= 0.6 is 16.3 Å². The quantitative estimate of drug-likeness (QED) is 0.707. The predicted molar refractivity (Wildman–Crippen MR) is 52.9 cm³/mol. The molecule has 72 valence electrons. The highest BCUT2D eigenvalue weighted by molar-refractivity contribution is 9.06. The molecule has 0 bridgehead atoms. The van der Waals surface area contributed by atoms with E-state index in [0.717, 1.165) is 32.1 Å². The van der Waals surface area contributed by atoms with Gasteiger partial charge in [-0.2, -0.15) is 0 Å². The Balaban J connectivity index is 3.76. The van der Waals surface area contributed by atoms with Crippen LogP contribution in [0.2, 0.25) is 0 Å². The first-order chi connectivity index (χ1) is 5.76. The molecule has 0 N–H and O–H groups in total. The van der Waals surface area contributed by atoms with Gasteiger partial charge in [-0.25, -0.2) is 0 Å². The van der Waals surface area contributed by atoms with Crippen molar-refractivity contribution in [3.8, 4) is 0 Å². The van der Waals surface area contributed by atoms with Gasteiger partial charge in [0.2, 0.25) is 0 Å². The first-order valence-corrected chi connectivity index (χ1v) is 5.23. The van der Waals surface area contributed by atoms with E-state index in [2.05, 4.69) is 33.9 Å². The second-order valence-corrected chi connectivity index (χ2v) is 3.35. The number of halogens is 1. The first-order valence-electron chi connectivity index (χ1n) is 4.58. The van der Waals surface area contributed by atoms with E-state index in [0.29, 0.717) is 0 Å². The predicted octanol–water partition coefficient (Wildman–Crippen LogP) is 3.45. The van der Waals surface area contributed by atoms with Crippen LogP contribution in [0.25, 0.3) is 0 Å². The fraction of sp³-hybridized carbons (Fsp3) is 0.889. The second-order valence-electron chi connectivity index (χ2n) is 3.02. The molecule has 12 heavy (non-hydrogen) atoms. The average molecular weight is 237 g/mol. The minimum atomic E-state index is -0.120. The van der Waals surface area contributed by atoms with Gasteiger partial charge in [0, 0.05) is 0 Å². The topological polar surface area (TPSA) is 26.3 Å². The van der Waals surface area contributed by atoms with E-state index in [9.17, 15) is 4.79 Å². The number of carbonyl (C=O) groups is 1. The first kappa shape index (κ1) is 11.9. The lowest BCUT2D eigenvalue weighted by Crippen LogP contribution is -2.13. The fourth-order valence-electron chi connectivity index (χ4n) is 1.24. The second kappa shape index (κ2) is 7.59. The zero-order valence-corrected chi connectivity index (χ0v) is 9.39. The van der Waals surface area contributed by atoms with Crippen LogP contribution in [0.1, 0.15) is 46.0 Å². The molecule has 3 heteroatoms. The van der Waals surface area contributed by atoms with Crippen molar-refractivity contribution in [1.29, 1.82) is 0 Å². The summed E-state index contributed by atoms with van der Waals surface area (Å²) in [7, 11) is 0. The van der Waals surface area contributed by atoms with E-state index in [1.54, 1.807) is 0 Å². The minimum Gasteiger partial charge on any atom is -0.383 e. The summed E-state index contributed by atoms with van der Waals surface area (Å²) in [5, 5.41) is 0. The highest BCUT2D eigenvalue weighted by Gasteiger charge is 2.17. The lowest BCUT2D eigenvalue weighted by atomic mass is 9.97. The van der Waals surface area contributed by atoms with Crippen molar-refractivity contribution in [2.45, 2.75) is 46.0 Å². The monoisotopic (exact) mass is 236 g/mol. The smallest absolute Gasteiger partial charge is 0.320 e. The zero-order valence-electron chi connectivity index (χ0n) is 7.81. The molecule has 0 aliphatic heterocycles. The van der Waals surface area contributed by atoms with Crippen LogP contribution in [0.3, 0.4) is 0 Å². The van der Waals surface area contributed by atoms with E-state index < -0.39 is 0 Å². The Labute approximate surface area is 83.1 Å². The molecule has 0 saturated carbocycles. The molecule has 1 unspecified atom stereocenters. The van der Waals surface area contributed by atoms with E-state index >= 15 is 0 Å². The van der Waals surface area contributed by atoms with E-state index in [1.165, 1.54) is 0 Å². The van der Waals surface area contributed by atoms with E-state index in [4.69, 9.17) is 0 Å². The van der Waals surface area contributed by atoms with Crippen LogP contribution in [0.5, 0.6) is 0 Å². The number of carbonyl (C=O) groups excluding carboxylic acids is 1.